The van der Waals surface area contributed by atoms with Crippen molar-refractivity contribution >= 4 is 11.8 Å². The summed E-state index contributed by atoms with van der Waals surface area (Å²) in [6.07, 6.45) is 1.27. The van der Waals surface area contributed by atoms with Crippen molar-refractivity contribution < 1.29 is 14.0 Å². The van der Waals surface area contributed by atoms with Crippen LogP contribution in [0.15, 0.2) is 18.3 Å². The molecule has 5 nitrogen and oxygen atoms in total. The maximum absolute atomic E-state index is 13.4. The van der Waals surface area contributed by atoms with Crippen molar-refractivity contribution in [1.29, 1.82) is 0 Å². The van der Waals surface area contributed by atoms with Gasteiger partial charge in [-0.1, -0.05) is 0 Å². The Morgan fingerprint density at radius 3 is 2.56 bits per heavy atom. The molecule has 0 bridgehead atoms. The van der Waals surface area contributed by atoms with E-state index in [4.69, 9.17) is 0 Å². The summed E-state index contributed by atoms with van der Waals surface area (Å²) < 4.78 is 13.4. The van der Waals surface area contributed by atoms with Crippen LogP contribution in [0.1, 0.15) is 17.3 Å². The van der Waals surface area contributed by atoms with Gasteiger partial charge >= 0.3 is 0 Å². The van der Waals surface area contributed by atoms with E-state index in [0.29, 0.717) is 6.54 Å². The summed E-state index contributed by atoms with van der Waals surface area (Å²) in [6.45, 7) is 1.98. The molecular formula is C12H16FN3O2. The number of nitrogens with zero attached hydrogens (tertiary/aromatic N) is 3. The van der Waals surface area contributed by atoms with Crippen LogP contribution < -0.4 is 0 Å². The van der Waals surface area contributed by atoms with Gasteiger partial charge in [0.15, 0.2) is 0 Å². The van der Waals surface area contributed by atoms with E-state index < -0.39 is 11.9 Å². The average molecular weight is 253 g/mol. The van der Waals surface area contributed by atoms with Gasteiger partial charge in [-0.05, 0) is 19.1 Å². The number of hydrogen-bond acceptors (Lipinski definition) is 3. The standard InChI is InChI=1S/C12H16FN3O2/c1-4-16(8-10(17)15(2)3)12(18)9-6-5-7-14-11(9)13/h5-7H,4,8H2,1-3H3. The zero-order valence-corrected chi connectivity index (χ0v) is 10.7. The summed E-state index contributed by atoms with van der Waals surface area (Å²) in [6, 6.07) is 2.84. The van der Waals surface area contributed by atoms with Crippen molar-refractivity contribution in [2.24, 2.45) is 0 Å². The normalized spacial score (nSPS) is 10.0. The zero-order chi connectivity index (χ0) is 13.7. The van der Waals surface area contributed by atoms with E-state index in [1.165, 1.54) is 28.1 Å². The number of halogens is 1. The second kappa shape index (κ2) is 6.09. The molecule has 18 heavy (non-hydrogen) atoms. The predicted molar refractivity (Wildman–Crippen MR) is 64.5 cm³/mol. The van der Waals surface area contributed by atoms with Gasteiger partial charge in [0, 0.05) is 26.8 Å². The van der Waals surface area contributed by atoms with Crippen LogP contribution in [0.5, 0.6) is 0 Å². The largest absolute Gasteiger partial charge is 0.347 e. The summed E-state index contributed by atoms with van der Waals surface area (Å²) in [4.78, 5) is 29.7. The van der Waals surface area contributed by atoms with Crippen molar-refractivity contribution in [1.82, 2.24) is 14.8 Å². The molecule has 0 aliphatic rings. The first-order valence-corrected chi connectivity index (χ1v) is 5.57. The third-order valence-corrected chi connectivity index (χ3v) is 2.48. The van der Waals surface area contributed by atoms with E-state index in [1.54, 1.807) is 21.0 Å². The van der Waals surface area contributed by atoms with E-state index in [-0.39, 0.29) is 18.0 Å². The first-order valence-electron chi connectivity index (χ1n) is 5.57. The van der Waals surface area contributed by atoms with Gasteiger partial charge in [-0.25, -0.2) is 4.98 Å². The van der Waals surface area contributed by atoms with Crippen LogP contribution in [-0.2, 0) is 4.79 Å². The minimum atomic E-state index is -0.821. The van der Waals surface area contributed by atoms with Crippen LogP contribution in [0.3, 0.4) is 0 Å². The van der Waals surface area contributed by atoms with Gasteiger partial charge in [0.1, 0.15) is 0 Å². The summed E-state index contributed by atoms with van der Waals surface area (Å²) in [7, 11) is 3.20. The van der Waals surface area contributed by atoms with Crippen molar-refractivity contribution in [3.8, 4) is 0 Å². The van der Waals surface area contributed by atoms with Gasteiger partial charge in [0.05, 0.1) is 12.1 Å². The van der Waals surface area contributed by atoms with Crippen LogP contribution in [0.4, 0.5) is 4.39 Å². The lowest BCUT2D eigenvalue weighted by Crippen LogP contribution is -2.40. The maximum Gasteiger partial charge on any atom is 0.258 e. The molecule has 0 fully saturated rings. The Bertz CT molecular complexity index is 449. The van der Waals surface area contributed by atoms with Gasteiger partial charge in [-0.3, -0.25) is 9.59 Å². The van der Waals surface area contributed by atoms with E-state index >= 15 is 0 Å². The van der Waals surface area contributed by atoms with E-state index in [2.05, 4.69) is 4.98 Å². The number of carbonyl (C=O) groups is 2. The SMILES string of the molecule is CCN(CC(=O)N(C)C)C(=O)c1cccnc1F. The Kier molecular flexibility index (Phi) is 4.76. The molecule has 0 atom stereocenters. The summed E-state index contributed by atoms with van der Waals surface area (Å²) in [5.41, 5.74) is -0.120. The number of amides is 2. The molecule has 0 aromatic carbocycles. The minimum absolute atomic E-state index is 0.0728. The molecule has 0 saturated heterocycles. The van der Waals surface area contributed by atoms with E-state index in [9.17, 15) is 14.0 Å². The monoisotopic (exact) mass is 253 g/mol. The lowest BCUT2D eigenvalue weighted by atomic mass is 10.2. The van der Waals surface area contributed by atoms with Gasteiger partial charge in [-0.15, -0.1) is 0 Å². The van der Waals surface area contributed by atoms with Gasteiger partial charge < -0.3 is 9.80 Å². The number of carbonyl (C=O) groups excluding carboxylic acids is 2. The van der Waals surface area contributed by atoms with Crippen LogP contribution in [-0.4, -0.2) is 53.8 Å². The van der Waals surface area contributed by atoms with E-state index in [1.807, 2.05) is 0 Å². The second-order valence-corrected chi connectivity index (χ2v) is 3.95. The average Bonchev–Trinajstić information content (AvgIpc) is 2.35. The fourth-order valence-electron chi connectivity index (χ4n) is 1.35. The van der Waals surface area contributed by atoms with Crippen LogP contribution in [0, 0.1) is 5.95 Å². The third-order valence-electron chi connectivity index (χ3n) is 2.48. The number of hydrogen-bond donors (Lipinski definition) is 0. The fourth-order valence-corrected chi connectivity index (χ4v) is 1.35. The first-order chi connectivity index (χ1) is 8.47. The Morgan fingerprint density at radius 1 is 1.39 bits per heavy atom. The smallest absolute Gasteiger partial charge is 0.258 e. The maximum atomic E-state index is 13.4. The first kappa shape index (κ1) is 14.1. The second-order valence-electron chi connectivity index (χ2n) is 3.95. The molecule has 1 aromatic heterocycles. The van der Waals surface area contributed by atoms with Crippen LogP contribution in [0.25, 0.3) is 0 Å². The van der Waals surface area contributed by atoms with Gasteiger partial charge in [-0.2, -0.15) is 4.39 Å². The summed E-state index contributed by atoms with van der Waals surface area (Å²) >= 11 is 0. The van der Waals surface area contributed by atoms with Crippen molar-refractivity contribution in [2.45, 2.75) is 6.92 Å². The molecular weight excluding hydrogens is 237 g/mol. The minimum Gasteiger partial charge on any atom is -0.347 e. The van der Waals surface area contributed by atoms with E-state index in [0.717, 1.165) is 0 Å². The van der Waals surface area contributed by atoms with Crippen molar-refractivity contribution in [3.63, 3.8) is 0 Å². The summed E-state index contributed by atoms with van der Waals surface area (Å²) in [5, 5.41) is 0. The highest BCUT2D eigenvalue weighted by atomic mass is 19.1. The van der Waals surface area contributed by atoms with Gasteiger partial charge in [0.2, 0.25) is 11.9 Å². The van der Waals surface area contributed by atoms with Crippen molar-refractivity contribution in [2.75, 3.05) is 27.2 Å². The quantitative estimate of drug-likeness (QED) is 0.745. The molecule has 98 valence electrons. The topological polar surface area (TPSA) is 53.5 Å². The van der Waals surface area contributed by atoms with Crippen LogP contribution in [0.2, 0.25) is 0 Å². The highest BCUT2D eigenvalue weighted by molar-refractivity contribution is 5.96. The lowest BCUT2D eigenvalue weighted by molar-refractivity contribution is -0.129. The molecule has 1 aromatic rings. The Hall–Kier alpha value is -1.98. The predicted octanol–water partition coefficient (Wildman–Crippen LogP) is 0.771. The highest BCUT2D eigenvalue weighted by Gasteiger charge is 2.21. The molecule has 0 spiro atoms. The Balaban J connectivity index is 2.87. The molecule has 0 unspecified atom stereocenters. The molecule has 6 heteroatoms. The molecule has 1 heterocycles. The number of likely N-dealkylation sites (N-methyl/N-ethyl adjacent to an activating group) is 2. The zero-order valence-electron chi connectivity index (χ0n) is 10.7. The summed E-state index contributed by atoms with van der Waals surface area (Å²) in [5.74, 6) is -1.56. The van der Waals surface area contributed by atoms with Crippen molar-refractivity contribution in [3.05, 3.63) is 29.8 Å². The highest BCUT2D eigenvalue weighted by Crippen LogP contribution is 2.07. The molecule has 0 radical (unpaired) electrons. The molecule has 0 aliphatic carbocycles. The number of pyridine rings is 1. The number of aromatic nitrogens is 1. The molecule has 2 amide bonds. The number of rotatable bonds is 4. The third kappa shape index (κ3) is 3.26. The van der Waals surface area contributed by atoms with Crippen LogP contribution >= 0.6 is 0 Å². The van der Waals surface area contributed by atoms with Gasteiger partial charge in [0.25, 0.3) is 5.91 Å². The molecule has 0 saturated carbocycles. The fraction of sp³-hybridized carbons (Fsp3) is 0.417. The molecule has 1 rings (SSSR count). The molecule has 0 aliphatic heterocycles. The Labute approximate surface area is 105 Å². The lowest BCUT2D eigenvalue weighted by Gasteiger charge is -2.22. The Morgan fingerprint density at radius 2 is 2.06 bits per heavy atom. The molecule has 0 N–H and O–H groups in total.